The van der Waals surface area contributed by atoms with Crippen LogP contribution in [0.4, 0.5) is 0 Å². The number of aromatic nitrogens is 2. The van der Waals surface area contributed by atoms with Crippen LogP contribution in [0.1, 0.15) is 23.2 Å². The Hall–Kier alpha value is -4.82. The normalized spacial score (nSPS) is 13.7. The largest absolute Gasteiger partial charge is 0.354 e. The minimum atomic E-state index is 1.03. The monoisotopic (exact) mass is 484 g/mol. The van der Waals surface area contributed by atoms with Crippen molar-refractivity contribution >= 4 is 44.2 Å². The van der Waals surface area contributed by atoms with Gasteiger partial charge in [0.25, 0.3) is 0 Å². The molecule has 38 heavy (non-hydrogen) atoms. The van der Waals surface area contributed by atoms with Crippen molar-refractivity contribution in [3.05, 3.63) is 126 Å². The van der Waals surface area contributed by atoms with Crippen LogP contribution >= 0.6 is 0 Å². The molecule has 1 N–H and O–H groups in total. The predicted molar refractivity (Wildman–Crippen MR) is 160 cm³/mol. The molecule has 5 aromatic carbocycles. The first-order chi connectivity index (χ1) is 18.8. The lowest BCUT2D eigenvalue weighted by Gasteiger charge is -2.18. The number of H-pyrrole nitrogens is 1. The van der Waals surface area contributed by atoms with Gasteiger partial charge in [0, 0.05) is 44.4 Å². The molecule has 0 saturated heterocycles. The molecule has 0 aliphatic heterocycles. The Kier molecular flexibility index (Phi) is 3.93. The van der Waals surface area contributed by atoms with E-state index in [1.54, 1.807) is 0 Å². The maximum absolute atomic E-state index is 3.75. The summed E-state index contributed by atoms with van der Waals surface area (Å²) >= 11 is 0. The van der Waals surface area contributed by atoms with E-state index in [-0.39, 0.29) is 0 Å². The van der Waals surface area contributed by atoms with Crippen molar-refractivity contribution in [2.24, 2.45) is 0 Å². The summed E-state index contributed by atoms with van der Waals surface area (Å²) < 4.78 is 2.46. The number of para-hydroxylation sites is 2. The molecule has 0 saturated carbocycles. The fourth-order valence-electron chi connectivity index (χ4n) is 6.96. The summed E-state index contributed by atoms with van der Waals surface area (Å²) in [5.41, 5.74) is 14.5. The number of hydrogen-bond acceptors (Lipinski definition) is 0. The SMILES string of the molecule is C1=C(c2ccc3[nH]c4c(c3c2)-c2cccc3cccc-4c23)CCc2c1c1ccccc1n2-c1ccccc1. The van der Waals surface area contributed by atoms with Crippen molar-refractivity contribution in [2.75, 3.05) is 0 Å². The van der Waals surface area contributed by atoms with Gasteiger partial charge in [-0.2, -0.15) is 0 Å². The summed E-state index contributed by atoms with van der Waals surface area (Å²) in [5.74, 6) is 0. The van der Waals surface area contributed by atoms with E-state index in [4.69, 9.17) is 0 Å². The molecule has 2 heterocycles. The van der Waals surface area contributed by atoms with E-state index in [1.165, 1.54) is 83.0 Å². The molecule has 0 fully saturated rings. The van der Waals surface area contributed by atoms with E-state index in [2.05, 4.69) is 125 Å². The second-order valence-electron chi connectivity index (χ2n) is 10.6. The molecule has 0 bridgehead atoms. The molecule has 2 aliphatic rings. The van der Waals surface area contributed by atoms with Crippen LogP contribution in [0.2, 0.25) is 0 Å². The van der Waals surface area contributed by atoms with Crippen LogP contribution in [0.25, 0.3) is 72.3 Å². The van der Waals surface area contributed by atoms with E-state index in [0.29, 0.717) is 0 Å². The molecule has 0 atom stereocenters. The number of nitrogens with one attached hydrogen (secondary N) is 1. The van der Waals surface area contributed by atoms with Crippen molar-refractivity contribution in [3.8, 4) is 28.1 Å². The number of hydrogen-bond donors (Lipinski definition) is 1. The van der Waals surface area contributed by atoms with Gasteiger partial charge >= 0.3 is 0 Å². The maximum atomic E-state index is 3.75. The molecule has 0 radical (unpaired) electrons. The molecule has 2 nitrogen and oxygen atoms in total. The highest BCUT2D eigenvalue weighted by atomic mass is 15.0. The molecule has 2 aromatic heterocycles. The second kappa shape index (κ2) is 7.36. The smallest absolute Gasteiger partial charge is 0.0551 e. The molecule has 0 spiro atoms. The summed E-state index contributed by atoms with van der Waals surface area (Å²) in [4.78, 5) is 3.75. The molecule has 2 heteroatoms. The number of fused-ring (bicyclic) bond motifs is 8. The lowest BCUT2D eigenvalue weighted by molar-refractivity contribution is 0.898. The molecule has 178 valence electrons. The van der Waals surface area contributed by atoms with Gasteiger partial charge < -0.3 is 9.55 Å². The first-order valence-electron chi connectivity index (χ1n) is 13.4. The van der Waals surface area contributed by atoms with E-state index in [0.717, 1.165) is 12.8 Å². The Labute approximate surface area is 220 Å². The molecule has 0 amide bonds. The lowest BCUT2D eigenvalue weighted by Crippen LogP contribution is -2.05. The van der Waals surface area contributed by atoms with Crippen LogP contribution in [0.15, 0.2) is 109 Å². The molecule has 9 rings (SSSR count). The standard InChI is InChI=1S/C36H24N2/c1-2-10-25(11-3-1)38-32-15-5-4-12-26(32)29-20-24(17-19-33(29)38)23-16-18-31-30(21-23)35-27-13-6-8-22-9-7-14-28(34(22)27)36(35)37-31/h1-16,18,20-21,37H,17,19H2. The Morgan fingerprint density at radius 2 is 1.47 bits per heavy atom. The molecular weight excluding hydrogens is 460 g/mol. The van der Waals surface area contributed by atoms with Crippen LogP contribution < -0.4 is 0 Å². The number of allylic oxidation sites excluding steroid dienone is 1. The number of benzene rings is 5. The zero-order valence-electron chi connectivity index (χ0n) is 20.8. The van der Waals surface area contributed by atoms with Crippen LogP contribution in [-0.2, 0) is 6.42 Å². The highest BCUT2D eigenvalue weighted by Gasteiger charge is 2.26. The minimum Gasteiger partial charge on any atom is -0.354 e. The van der Waals surface area contributed by atoms with Gasteiger partial charge in [0.1, 0.15) is 0 Å². The topological polar surface area (TPSA) is 20.7 Å². The number of rotatable bonds is 2. The van der Waals surface area contributed by atoms with E-state index in [1.807, 2.05) is 0 Å². The Morgan fingerprint density at radius 1 is 0.658 bits per heavy atom. The zero-order chi connectivity index (χ0) is 24.8. The molecule has 0 unspecified atom stereocenters. The number of nitrogens with zero attached hydrogens (tertiary/aromatic N) is 1. The number of aromatic amines is 1. The Balaban J connectivity index is 1.24. The summed E-state index contributed by atoms with van der Waals surface area (Å²) in [7, 11) is 0. The van der Waals surface area contributed by atoms with Crippen LogP contribution in [0, 0.1) is 0 Å². The summed E-state index contributed by atoms with van der Waals surface area (Å²) in [6.45, 7) is 0. The highest BCUT2D eigenvalue weighted by molar-refractivity contribution is 6.21. The summed E-state index contributed by atoms with van der Waals surface area (Å²) in [6, 6.07) is 39.9. The maximum Gasteiger partial charge on any atom is 0.0551 e. The van der Waals surface area contributed by atoms with Crippen molar-refractivity contribution < 1.29 is 0 Å². The average molecular weight is 485 g/mol. The second-order valence-corrected chi connectivity index (χ2v) is 10.6. The average Bonchev–Trinajstić information content (AvgIpc) is 3.62. The third-order valence-corrected chi connectivity index (χ3v) is 8.59. The third kappa shape index (κ3) is 2.62. The zero-order valence-corrected chi connectivity index (χ0v) is 20.8. The van der Waals surface area contributed by atoms with E-state index < -0.39 is 0 Å². The van der Waals surface area contributed by atoms with Gasteiger partial charge in [-0.1, -0.05) is 78.9 Å². The van der Waals surface area contributed by atoms with Crippen molar-refractivity contribution in [1.29, 1.82) is 0 Å². The quantitative estimate of drug-likeness (QED) is 0.252. The molecular formula is C36H24N2. The van der Waals surface area contributed by atoms with Gasteiger partial charge in [-0.25, -0.2) is 0 Å². The van der Waals surface area contributed by atoms with Gasteiger partial charge in [0.2, 0.25) is 0 Å². The molecule has 7 aromatic rings. The van der Waals surface area contributed by atoms with Gasteiger partial charge in [-0.05, 0) is 76.7 Å². The highest BCUT2D eigenvalue weighted by Crippen LogP contribution is 2.50. The van der Waals surface area contributed by atoms with Gasteiger partial charge in [-0.3, -0.25) is 0 Å². The van der Waals surface area contributed by atoms with Crippen LogP contribution in [-0.4, -0.2) is 9.55 Å². The fraction of sp³-hybridized carbons (Fsp3) is 0.0556. The van der Waals surface area contributed by atoms with Gasteiger partial charge in [0.15, 0.2) is 0 Å². The van der Waals surface area contributed by atoms with E-state index >= 15 is 0 Å². The lowest BCUT2D eigenvalue weighted by atomic mass is 9.90. The Morgan fingerprint density at radius 3 is 2.37 bits per heavy atom. The third-order valence-electron chi connectivity index (χ3n) is 8.59. The first-order valence-corrected chi connectivity index (χ1v) is 13.4. The van der Waals surface area contributed by atoms with Crippen LogP contribution in [0.5, 0.6) is 0 Å². The fourth-order valence-corrected chi connectivity index (χ4v) is 6.96. The first kappa shape index (κ1) is 20.3. The van der Waals surface area contributed by atoms with E-state index in [9.17, 15) is 0 Å². The molecule has 2 aliphatic carbocycles. The van der Waals surface area contributed by atoms with Crippen molar-refractivity contribution in [2.45, 2.75) is 12.8 Å². The summed E-state index contributed by atoms with van der Waals surface area (Å²) in [5, 5.41) is 5.33. The van der Waals surface area contributed by atoms with Crippen molar-refractivity contribution in [3.63, 3.8) is 0 Å². The summed E-state index contributed by atoms with van der Waals surface area (Å²) in [6.07, 6.45) is 4.51. The van der Waals surface area contributed by atoms with Crippen molar-refractivity contribution in [1.82, 2.24) is 9.55 Å². The minimum absolute atomic E-state index is 1.03. The predicted octanol–water partition coefficient (Wildman–Crippen LogP) is 9.40. The van der Waals surface area contributed by atoms with Gasteiger partial charge in [-0.15, -0.1) is 0 Å². The van der Waals surface area contributed by atoms with Gasteiger partial charge in [0.05, 0.1) is 11.2 Å². The Bertz CT molecular complexity index is 2110. The van der Waals surface area contributed by atoms with Crippen LogP contribution in [0.3, 0.4) is 0 Å².